The van der Waals surface area contributed by atoms with Crippen LogP contribution in [-0.2, 0) is 9.63 Å². The zero-order valence-electron chi connectivity index (χ0n) is 10.6. The molecule has 1 aromatic carbocycles. The molecule has 0 fully saturated rings. The number of carbonyl (C=O) groups excluding carboxylic acids is 1. The number of benzene rings is 1. The second-order valence-electron chi connectivity index (χ2n) is 3.99. The van der Waals surface area contributed by atoms with E-state index in [1.807, 2.05) is 32.0 Å². The molecule has 0 aliphatic rings. The fourth-order valence-electron chi connectivity index (χ4n) is 1.49. The molecule has 2 N–H and O–H groups in total. The standard InChI is InChI=1S/C12H16N2O4/c1-8-4-9(2)6-10(5-8)14(3)12(17)13-18-7-11(15)16/h4-6H,7H2,1-3H3,(H,13,17)(H,15,16). The van der Waals surface area contributed by atoms with Gasteiger partial charge in [-0.1, -0.05) is 6.07 Å². The summed E-state index contributed by atoms with van der Waals surface area (Å²) in [5.41, 5.74) is 4.85. The molecule has 1 aromatic rings. The highest BCUT2D eigenvalue weighted by molar-refractivity contribution is 5.91. The van der Waals surface area contributed by atoms with Crippen molar-refractivity contribution in [1.82, 2.24) is 5.48 Å². The van der Waals surface area contributed by atoms with Crippen molar-refractivity contribution in [2.24, 2.45) is 0 Å². The van der Waals surface area contributed by atoms with Crippen molar-refractivity contribution < 1.29 is 19.5 Å². The Balaban J connectivity index is 2.65. The molecule has 0 unspecified atom stereocenters. The van der Waals surface area contributed by atoms with Crippen molar-refractivity contribution in [1.29, 1.82) is 0 Å². The maximum atomic E-state index is 11.6. The number of nitrogens with one attached hydrogen (secondary N) is 1. The average Bonchev–Trinajstić information content (AvgIpc) is 2.26. The first kappa shape index (κ1) is 14.0. The van der Waals surface area contributed by atoms with Crippen LogP contribution >= 0.6 is 0 Å². The van der Waals surface area contributed by atoms with E-state index in [1.54, 1.807) is 7.05 Å². The minimum atomic E-state index is -1.15. The van der Waals surface area contributed by atoms with Crippen molar-refractivity contribution in [2.75, 3.05) is 18.6 Å². The Bertz CT molecular complexity index is 439. The zero-order valence-corrected chi connectivity index (χ0v) is 10.6. The summed E-state index contributed by atoms with van der Waals surface area (Å²) in [5.74, 6) is -1.15. The Morgan fingerprint density at radius 2 is 1.83 bits per heavy atom. The number of amides is 2. The topological polar surface area (TPSA) is 78.9 Å². The van der Waals surface area contributed by atoms with Gasteiger partial charge in [0, 0.05) is 12.7 Å². The van der Waals surface area contributed by atoms with E-state index < -0.39 is 18.6 Å². The second kappa shape index (κ2) is 6.02. The van der Waals surface area contributed by atoms with Crippen molar-refractivity contribution >= 4 is 17.7 Å². The van der Waals surface area contributed by atoms with E-state index in [4.69, 9.17) is 5.11 Å². The normalized spacial score (nSPS) is 9.94. The number of carboxylic acid groups (broad SMARTS) is 1. The van der Waals surface area contributed by atoms with Crippen LogP contribution in [0.3, 0.4) is 0 Å². The summed E-state index contributed by atoms with van der Waals surface area (Å²) >= 11 is 0. The Labute approximate surface area is 105 Å². The largest absolute Gasteiger partial charge is 0.479 e. The first-order valence-electron chi connectivity index (χ1n) is 5.35. The van der Waals surface area contributed by atoms with Crippen LogP contribution in [0.5, 0.6) is 0 Å². The molecule has 0 heterocycles. The fourth-order valence-corrected chi connectivity index (χ4v) is 1.49. The molecule has 2 amide bonds. The fraction of sp³-hybridized carbons (Fsp3) is 0.333. The number of rotatable bonds is 4. The average molecular weight is 252 g/mol. The number of hydrogen-bond donors (Lipinski definition) is 2. The maximum Gasteiger partial charge on any atom is 0.345 e. The van der Waals surface area contributed by atoms with Crippen LogP contribution in [-0.4, -0.2) is 30.8 Å². The molecule has 0 radical (unpaired) electrons. The van der Waals surface area contributed by atoms with Crippen molar-refractivity contribution in [3.8, 4) is 0 Å². The van der Waals surface area contributed by atoms with Gasteiger partial charge in [0.2, 0.25) is 0 Å². The molecule has 0 aliphatic carbocycles. The molecular formula is C12H16N2O4. The zero-order chi connectivity index (χ0) is 13.7. The van der Waals surface area contributed by atoms with Crippen LogP contribution in [0.1, 0.15) is 11.1 Å². The van der Waals surface area contributed by atoms with Crippen LogP contribution in [0.4, 0.5) is 10.5 Å². The predicted molar refractivity (Wildman–Crippen MR) is 66.4 cm³/mol. The molecule has 0 saturated heterocycles. The Morgan fingerprint density at radius 1 is 1.28 bits per heavy atom. The molecule has 0 saturated carbocycles. The number of carbonyl (C=O) groups is 2. The predicted octanol–water partition coefficient (Wildman–Crippen LogP) is 1.47. The van der Waals surface area contributed by atoms with Gasteiger partial charge >= 0.3 is 12.0 Å². The lowest BCUT2D eigenvalue weighted by Gasteiger charge is -2.18. The number of urea groups is 1. The lowest BCUT2D eigenvalue weighted by Crippen LogP contribution is -2.38. The number of carboxylic acids is 1. The lowest BCUT2D eigenvalue weighted by molar-refractivity contribution is -0.143. The maximum absolute atomic E-state index is 11.6. The molecule has 98 valence electrons. The van der Waals surface area contributed by atoms with Crippen molar-refractivity contribution in [3.05, 3.63) is 29.3 Å². The summed E-state index contributed by atoms with van der Waals surface area (Å²) in [6.07, 6.45) is 0. The van der Waals surface area contributed by atoms with E-state index in [1.165, 1.54) is 4.90 Å². The highest BCUT2D eigenvalue weighted by atomic mass is 16.7. The smallest absolute Gasteiger partial charge is 0.345 e. The Morgan fingerprint density at radius 3 is 2.33 bits per heavy atom. The summed E-state index contributed by atoms with van der Waals surface area (Å²) in [6.45, 7) is 3.29. The van der Waals surface area contributed by atoms with Crippen LogP contribution in [0.2, 0.25) is 0 Å². The molecule has 0 aromatic heterocycles. The molecule has 1 rings (SSSR count). The molecule has 0 aliphatic heterocycles. The van der Waals surface area contributed by atoms with Crippen LogP contribution in [0.25, 0.3) is 0 Å². The van der Waals surface area contributed by atoms with Gasteiger partial charge in [0.05, 0.1) is 0 Å². The number of hydrogen-bond acceptors (Lipinski definition) is 3. The van der Waals surface area contributed by atoms with Gasteiger partial charge in [-0.2, -0.15) is 0 Å². The molecular weight excluding hydrogens is 236 g/mol. The van der Waals surface area contributed by atoms with Crippen molar-refractivity contribution in [2.45, 2.75) is 13.8 Å². The van der Waals surface area contributed by atoms with Crippen LogP contribution in [0.15, 0.2) is 18.2 Å². The van der Waals surface area contributed by atoms with E-state index >= 15 is 0 Å². The third-order valence-electron chi connectivity index (χ3n) is 2.25. The molecule has 18 heavy (non-hydrogen) atoms. The first-order valence-corrected chi connectivity index (χ1v) is 5.35. The van der Waals surface area contributed by atoms with Gasteiger partial charge in [0.15, 0.2) is 6.61 Å². The number of nitrogens with zero attached hydrogens (tertiary/aromatic N) is 1. The van der Waals surface area contributed by atoms with E-state index in [2.05, 4.69) is 10.3 Å². The van der Waals surface area contributed by atoms with E-state index in [9.17, 15) is 9.59 Å². The lowest BCUT2D eigenvalue weighted by atomic mass is 10.1. The summed E-state index contributed by atoms with van der Waals surface area (Å²) < 4.78 is 0. The van der Waals surface area contributed by atoms with Gasteiger partial charge in [-0.05, 0) is 37.1 Å². The first-order chi connectivity index (χ1) is 8.40. The molecule has 6 nitrogen and oxygen atoms in total. The van der Waals surface area contributed by atoms with Gasteiger partial charge in [0.25, 0.3) is 0 Å². The van der Waals surface area contributed by atoms with Gasteiger partial charge in [-0.3, -0.25) is 9.74 Å². The Kier molecular flexibility index (Phi) is 4.67. The van der Waals surface area contributed by atoms with Gasteiger partial charge < -0.3 is 5.11 Å². The second-order valence-corrected chi connectivity index (χ2v) is 3.99. The molecule has 6 heteroatoms. The van der Waals surface area contributed by atoms with Crippen LogP contribution in [0, 0.1) is 13.8 Å². The summed E-state index contributed by atoms with van der Waals surface area (Å²) in [6, 6.07) is 5.17. The van der Waals surface area contributed by atoms with Gasteiger partial charge in [-0.15, -0.1) is 0 Å². The quantitative estimate of drug-likeness (QED) is 0.795. The number of aliphatic carboxylic acids is 1. The highest BCUT2D eigenvalue weighted by Gasteiger charge is 2.11. The minimum Gasteiger partial charge on any atom is -0.479 e. The number of hydroxylamine groups is 1. The van der Waals surface area contributed by atoms with E-state index in [0.717, 1.165) is 11.1 Å². The monoisotopic (exact) mass is 252 g/mol. The summed E-state index contributed by atoms with van der Waals surface area (Å²) in [7, 11) is 1.58. The summed E-state index contributed by atoms with van der Waals surface area (Å²) in [5, 5.41) is 8.36. The third kappa shape index (κ3) is 4.06. The third-order valence-corrected chi connectivity index (χ3v) is 2.25. The highest BCUT2D eigenvalue weighted by Crippen LogP contribution is 2.17. The summed E-state index contributed by atoms with van der Waals surface area (Å²) in [4.78, 5) is 27.7. The van der Waals surface area contributed by atoms with Gasteiger partial charge in [0.1, 0.15) is 0 Å². The van der Waals surface area contributed by atoms with Crippen molar-refractivity contribution in [3.63, 3.8) is 0 Å². The number of aryl methyl sites for hydroxylation is 2. The van der Waals surface area contributed by atoms with E-state index in [-0.39, 0.29) is 0 Å². The molecule has 0 spiro atoms. The minimum absolute atomic E-state index is 0.527. The van der Waals surface area contributed by atoms with Crippen LogP contribution < -0.4 is 10.4 Å². The molecule has 0 atom stereocenters. The SMILES string of the molecule is Cc1cc(C)cc(N(C)C(=O)NOCC(=O)O)c1. The Hall–Kier alpha value is -2.08. The van der Waals surface area contributed by atoms with E-state index in [0.29, 0.717) is 5.69 Å². The van der Waals surface area contributed by atoms with Gasteiger partial charge in [-0.25, -0.2) is 15.1 Å². The number of anilines is 1. The molecule has 0 bridgehead atoms.